The Morgan fingerprint density at radius 3 is 2.40 bits per heavy atom. The Hall–Kier alpha value is -3.16. The second-order valence-electron chi connectivity index (χ2n) is 9.76. The maximum Gasteiger partial charge on any atom is 0.390 e. The molecule has 2 aliphatic rings. The number of carbonyl (C=O) groups is 2. The summed E-state index contributed by atoms with van der Waals surface area (Å²) in [7, 11) is 0. The van der Waals surface area contributed by atoms with Gasteiger partial charge in [0.25, 0.3) is 5.91 Å². The molecule has 4 rings (SSSR count). The van der Waals surface area contributed by atoms with Crippen LogP contribution in [-0.4, -0.2) is 84.9 Å². The normalized spacial score (nSPS) is 18.2. The molecular formula is C26H29ClF5N5O3. The highest BCUT2D eigenvalue weighted by atomic mass is 35.5. The third-order valence-corrected chi connectivity index (χ3v) is 7.16. The minimum atomic E-state index is -4.24. The number of alkyl halides is 3. The first-order valence-corrected chi connectivity index (χ1v) is 13.1. The summed E-state index contributed by atoms with van der Waals surface area (Å²) in [6, 6.07) is 6.42. The molecule has 2 aliphatic heterocycles. The standard InChI is InChI=1S/C26H29ClF5N5O3/c27-17-2-4-20(21(13-17)36-11-9-35(10-12-36)8-6-26(30,31)32)34-24(39)19-3-1-16(22(28)23(19)29)14-33-25(40)37-7-5-18(38)15-37/h1-4,13,18,38H,5-12,14-15H2,(H,33,40)(H,34,39)/t18-/m0/s1. The second kappa shape index (κ2) is 12.6. The van der Waals surface area contributed by atoms with Crippen LogP contribution < -0.4 is 15.5 Å². The Balaban J connectivity index is 1.40. The topological polar surface area (TPSA) is 88.2 Å². The molecule has 0 aromatic heterocycles. The average molecular weight is 590 g/mol. The number of urea groups is 1. The molecule has 218 valence electrons. The highest BCUT2D eigenvalue weighted by Crippen LogP contribution is 2.31. The summed E-state index contributed by atoms with van der Waals surface area (Å²) in [6.45, 7) is 1.57. The number of β-amino-alcohol motifs (C(OH)–C–C–N with tert-alkyl or cyclic N) is 1. The van der Waals surface area contributed by atoms with Crippen LogP contribution in [0.5, 0.6) is 0 Å². The Morgan fingerprint density at radius 2 is 1.75 bits per heavy atom. The number of carbonyl (C=O) groups excluding carboxylic acids is 2. The minimum absolute atomic E-state index is 0.109. The zero-order chi connectivity index (χ0) is 29.0. The zero-order valence-electron chi connectivity index (χ0n) is 21.4. The molecule has 2 saturated heterocycles. The molecular weight excluding hydrogens is 561 g/mol. The van der Waals surface area contributed by atoms with Crippen molar-refractivity contribution in [1.29, 1.82) is 0 Å². The van der Waals surface area contributed by atoms with Crippen LogP contribution >= 0.6 is 11.6 Å². The highest BCUT2D eigenvalue weighted by molar-refractivity contribution is 6.31. The first-order chi connectivity index (χ1) is 18.9. The number of amides is 3. The van der Waals surface area contributed by atoms with Crippen LogP contribution in [0.4, 0.5) is 38.1 Å². The van der Waals surface area contributed by atoms with Crippen molar-refractivity contribution in [1.82, 2.24) is 15.1 Å². The fourth-order valence-electron chi connectivity index (χ4n) is 4.67. The van der Waals surface area contributed by atoms with Gasteiger partial charge in [0, 0.05) is 62.9 Å². The summed E-state index contributed by atoms with van der Waals surface area (Å²) in [5.74, 6) is -3.57. The van der Waals surface area contributed by atoms with Gasteiger partial charge in [-0.1, -0.05) is 17.7 Å². The van der Waals surface area contributed by atoms with Gasteiger partial charge in [-0.25, -0.2) is 13.6 Å². The minimum Gasteiger partial charge on any atom is -0.391 e. The van der Waals surface area contributed by atoms with Crippen molar-refractivity contribution < 1.29 is 36.6 Å². The van der Waals surface area contributed by atoms with Gasteiger partial charge < -0.3 is 25.5 Å². The summed E-state index contributed by atoms with van der Waals surface area (Å²) in [4.78, 5) is 30.0. The molecule has 0 spiro atoms. The van der Waals surface area contributed by atoms with Gasteiger partial charge in [-0.05, 0) is 30.7 Å². The summed E-state index contributed by atoms with van der Waals surface area (Å²) < 4.78 is 67.4. The van der Waals surface area contributed by atoms with Gasteiger partial charge in [0.2, 0.25) is 0 Å². The van der Waals surface area contributed by atoms with E-state index < -0.39 is 47.8 Å². The van der Waals surface area contributed by atoms with Gasteiger partial charge in [-0.2, -0.15) is 13.2 Å². The van der Waals surface area contributed by atoms with E-state index in [-0.39, 0.29) is 30.9 Å². The fraction of sp³-hybridized carbons (Fsp3) is 0.462. The summed E-state index contributed by atoms with van der Waals surface area (Å²) in [6.07, 6.45) is -5.32. The lowest BCUT2D eigenvalue weighted by Crippen LogP contribution is -2.47. The molecule has 2 aromatic rings. The van der Waals surface area contributed by atoms with Crippen LogP contribution in [0.15, 0.2) is 30.3 Å². The van der Waals surface area contributed by atoms with Gasteiger partial charge in [0.1, 0.15) is 0 Å². The van der Waals surface area contributed by atoms with Crippen molar-refractivity contribution in [2.45, 2.75) is 31.7 Å². The van der Waals surface area contributed by atoms with Crippen molar-refractivity contribution in [3.8, 4) is 0 Å². The number of rotatable bonds is 7. The maximum atomic E-state index is 14.9. The molecule has 1 atom stereocenters. The van der Waals surface area contributed by atoms with Gasteiger partial charge in [0.05, 0.1) is 29.5 Å². The van der Waals surface area contributed by atoms with Crippen molar-refractivity contribution in [2.75, 3.05) is 56.0 Å². The van der Waals surface area contributed by atoms with Gasteiger partial charge in [0.15, 0.2) is 11.6 Å². The van der Waals surface area contributed by atoms with E-state index in [4.69, 9.17) is 11.6 Å². The van der Waals surface area contributed by atoms with E-state index in [2.05, 4.69) is 10.6 Å². The SMILES string of the molecule is O=C(Nc1ccc(Cl)cc1N1CCN(CCC(F)(F)F)CC1)c1ccc(CNC(=O)N2CC[C@H](O)C2)c(F)c1F. The molecule has 0 unspecified atom stereocenters. The smallest absolute Gasteiger partial charge is 0.390 e. The molecule has 0 aliphatic carbocycles. The second-order valence-corrected chi connectivity index (χ2v) is 10.2. The number of aliphatic hydroxyl groups excluding tert-OH is 1. The quantitative estimate of drug-likeness (QED) is 0.421. The third-order valence-electron chi connectivity index (χ3n) is 6.92. The highest BCUT2D eigenvalue weighted by Gasteiger charge is 2.29. The molecule has 2 heterocycles. The lowest BCUT2D eigenvalue weighted by atomic mass is 10.1. The number of benzene rings is 2. The fourth-order valence-corrected chi connectivity index (χ4v) is 4.84. The molecule has 2 aromatic carbocycles. The summed E-state index contributed by atoms with van der Waals surface area (Å²) in [5, 5.41) is 15.0. The number of likely N-dealkylation sites (tertiary alicyclic amines) is 1. The van der Waals surface area contributed by atoms with E-state index in [1.165, 1.54) is 23.1 Å². The van der Waals surface area contributed by atoms with Crippen LogP contribution in [0.2, 0.25) is 5.02 Å². The molecule has 3 amide bonds. The van der Waals surface area contributed by atoms with Crippen LogP contribution in [0.1, 0.15) is 28.8 Å². The maximum absolute atomic E-state index is 14.9. The number of piperazine rings is 1. The van der Waals surface area contributed by atoms with Crippen LogP contribution in [-0.2, 0) is 6.54 Å². The predicted octanol–water partition coefficient (Wildman–Crippen LogP) is 4.22. The molecule has 14 heteroatoms. The molecule has 0 radical (unpaired) electrons. The first-order valence-electron chi connectivity index (χ1n) is 12.7. The Bertz CT molecular complexity index is 1240. The molecule has 40 heavy (non-hydrogen) atoms. The van der Waals surface area contributed by atoms with E-state index in [1.54, 1.807) is 11.0 Å². The van der Waals surface area contributed by atoms with Crippen molar-refractivity contribution in [3.05, 3.63) is 58.1 Å². The number of hydrogen-bond donors (Lipinski definition) is 3. The van der Waals surface area contributed by atoms with Crippen LogP contribution in [0.25, 0.3) is 0 Å². The van der Waals surface area contributed by atoms with Crippen molar-refractivity contribution in [3.63, 3.8) is 0 Å². The lowest BCUT2D eigenvalue weighted by molar-refractivity contribution is -0.138. The van der Waals surface area contributed by atoms with E-state index >= 15 is 0 Å². The Kier molecular flexibility index (Phi) is 9.37. The van der Waals surface area contributed by atoms with E-state index in [9.17, 15) is 36.6 Å². The Morgan fingerprint density at radius 1 is 1.02 bits per heavy atom. The number of nitrogens with zero attached hydrogens (tertiary/aromatic N) is 3. The number of hydrogen-bond acceptors (Lipinski definition) is 5. The summed E-state index contributed by atoms with van der Waals surface area (Å²) in [5.41, 5.74) is 0.0801. The zero-order valence-corrected chi connectivity index (χ0v) is 22.2. The van der Waals surface area contributed by atoms with Crippen molar-refractivity contribution in [2.24, 2.45) is 0 Å². The number of nitrogens with one attached hydrogen (secondary N) is 2. The Labute approximate surface area is 232 Å². The van der Waals surface area contributed by atoms with Gasteiger partial charge in [-0.15, -0.1) is 0 Å². The molecule has 8 nitrogen and oxygen atoms in total. The predicted molar refractivity (Wildman–Crippen MR) is 140 cm³/mol. The molecule has 3 N–H and O–H groups in total. The van der Waals surface area contributed by atoms with Crippen LogP contribution in [0, 0.1) is 11.6 Å². The molecule has 2 fully saturated rings. The molecule has 0 bridgehead atoms. The average Bonchev–Trinajstić information content (AvgIpc) is 3.35. The largest absolute Gasteiger partial charge is 0.391 e. The van der Waals surface area contributed by atoms with E-state index in [1.807, 2.05) is 4.90 Å². The van der Waals surface area contributed by atoms with Crippen LogP contribution in [0.3, 0.4) is 0 Å². The van der Waals surface area contributed by atoms with Gasteiger partial charge in [-0.3, -0.25) is 9.69 Å². The van der Waals surface area contributed by atoms with E-state index in [0.717, 1.165) is 6.07 Å². The summed E-state index contributed by atoms with van der Waals surface area (Å²) >= 11 is 6.15. The van der Waals surface area contributed by atoms with Gasteiger partial charge >= 0.3 is 12.2 Å². The van der Waals surface area contributed by atoms with Crippen molar-refractivity contribution >= 4 is 34.9 Å². The lowest BCUT2D eigenvalue weighted by Gasteiger charge is -2.37. The first kappa shape index (κ1) is 29.8. The number of anilines is 2. The number of halogens is 6. The third kappa shape index (κ3) is 7.52. The number of aliphatic hydroxyl groups is 1. The van der Waals surface area contributed by atoms with E-state index in [0.29, 0.717) is 49.9 Å². The molecule has 0 saturated carbocycles. The monoisotopic (exact) mass is 589 g/mol.